The van der Waals surface area contributed by atoms with Crippen LogP contribution in [-0.2, 0) is 4.74 Å². The molecule has 1 rings (SSSR count). The Morgan fingerprint density at radius 2 is 2.18 bits per heavy atom. The van der Waals surface area contributed by atoms with Gasteiger partial charge in [-0.25, -0.2) is 0 Å². The van der Waals surface area contributed by atoms with Crippen molar-refractivity contribution >= 4 is 17.2 Å². The van der Waals surface area contributed by atoms with E-state index in [0.717, 1.165) is 16.9 Å². The van der Waals surface area contributed by atoms with Crippen molar-refractivity contribution in [3.05, 3.63) is 29.3 Å². The Bertz CT molecular complexity index is 393. The van der Waals surface area contributed by atoms with Gasteiger partial charge in [0.05, 0.1) is 12.2 Å². The Balaban J connectivity index is 2.81. The van der Waals surface area contributed by atoms with E-state index in [-0.39, 0.29) is 6.10 Å². The van der Waals surface area contributed by atoms with Crippen molar-refractivity contribution in [2.24, 2.45) is 5.73 Å². The summed E-state index contributed by atoms with van der Waals surface area (Å²) in [6, 6.07) is 5.80. The quantitative estimate of drug-likeness (QED) is 0.791. The van der Waals surface area contributed by atoms with Crippen LogP contribution in [0.5, 0.6) is 5.75 Å². The number of thiocarbonyl (C=S) groups is 1. The van der Waals surface area contributed by atoms with Gasteiger partial charge < -0.3 is 15.2 Å². The summed E-state index contributed by atoms with van der Waals surface area (Å²) in [6.07, 6.45) is -0.0233. The zero-order valence-electron chi connectivity index (χ0n) is 10.5. The average molecular weight is 253 g/mol. The molecule has 0 aromatic heterocycles. The molecule has 0 aliphatic carbocycles. The van der Waals surface area contributed by atoms with E-state index >= 15 is 0 Å². The van der Waals surface area contributed by atoms with Crippen LogP contribution < -0.4 is 10.5 Å². The van der Waals surface area contributed by atoms with Crippen molar-refractivity contribution in [2.45, 2.75) is 26.9 Å². The summed E-state index contributed by atoms with van der Waals surface area (Å²) in [5.74, 6) is 0.727. The van der Waals surface area contributed by atoms with Crippen LogP contribution in [0.25, 0.3) is 0 Å². The Morgan fingerprint density at radius 1 is 1.47 bits per heavy atom. The van der Waals surface area contributed by atoms with Crippen LogP contribution in [0.15, 0.2) is 18.2 Å². The predicted octanol–water partition coefficient (Wildman–Crippen LogP) is 2.43. The molecule has 0 aliphatic rings. The highest BCUT2D eigenvalue weighted by molar-refractivity contribution is 7.80. The van der Waals surface area contributed by atoms with Gasteiger partial charge in [-0.15, -0.1) is 0 Å². The van der Waals surface area contributed by atoms with E-state index in [2.05, 4.69) is 0 Å². The third-order valence-electron chi connectivity index (χ3n) is 2.29. The maximum absolute atomic E-state index is 5.80. The molecule has 0 heterocycles. The van der Waals surface area contributed by atoms with Gasteiger partial charge in [-0.05, 0) is 38.5 Å². The van der Waals surface area contributed by atoms with Crippen molar-refractivity contribution < 1.29 is 9.47 Å². The monoisotopic (exact) mass is 253 g/mol. The van der Waals surface area contributed by atoms with Gasteiger partial charge in [0.2, 0.25) is 0 Å². The molecular formula is C13H19NO2S. The fourth-order valence-corrected chi connectivity index (χ4v) is 1.63. The first-order chi connectivity index (χ1) is 8.04. The summed E-state index contributed by atoms with van der Waals surface area (Å²) < 4.78 is 11.1. The number of ether oxygens (including phenoxy) is 2. The summed E-state index contributed by atoms with van der Waals surface area (Å²) in [4.78, 5) is 0.351. The third kappa shape index (κ3) is 4.32. The molecule has 0 saturated heterocycles. The number of hydrogen-bond acceptors (Lipinski definition) is 3. The first kappa shape index (κ1) is 13.9. The van der Waals surface area contributed by atoms with E-state index in [4.69, 9.17) is 27.4 Å². The molecule has 1 atom stereocenters. The second kappa shape index (κ2) is 6.57. The normalized spacial score (nSPS) is 12.2. The minimum absolute atomic E-state index is 0.0233. The first-order valence-electron chi connectivity index (χ1n) is 5.69. The SMILES string of the molecule is CCOCC(C)Oc1cc(C)ccc1C(N)=S. The standard InChI is InChI=1S/C13H19NO2S/c1-4-15-8-10(3)16-12-7-9(2)5-6-11(12)13(14)17/h5-7,10H,4,8H2,1-3H3,(H2,14,17). The van der Waals surface area contributed by atoms with Crippen molar-refractivity contribution in [1.82, 2.24) is 0 Å². The summed E-state index contributed by atoms with van der Waals surface area (Å²) in [7, 11) is 0. The van der Waals surface area contributed by atoms with E-state index in [9.17, 15) is 0 Å². The van der Waals surface area contributed by atoms with Crippen LogP contribution in [0.1, 0.15) is 25.0 Å². The van der Waals surface area contributed by atoms with Crippen molar-refractivity contribution in [2.75, 3.05) is 13.2 Å². The summed E-state index contributed by atoms with van der Waals surface area (Å²) in [5, 5.41) is 0. The molecule has 0 radical (unpaired) electrons. The lowest BCUT2D eigenvalue weighted by atomic mass is 10.1. The van der Waals surface area contributed by atoms with Gasteiger partial charge >= 0.3 is 0 Å². The molecule has 94 valence electrons. The number of nitrogens with two attached hydrogens (primary N) is 1. The molecule has 0 amide bonds. The molecule has 1 aromatic rings. The predicted molar refractivity (Wildman–Crippen MR) is 73.6 cm³/mol. The smallest absolute Gasteiger partial charge is 0.130 e. The van der Waals surface area contributed by atoms with Gasteiger partial charge in [-0.2, -0.15) is 0 Å². The summed E-state index contributed by atoms with van der Waals surface area (Å²) in [6.45, 7) is 7.16. The van der Waals surface area contributed by atoms with E-state index in [1.807, 2.05) is 39.0 Å². The summed E-state index contributed by atoms with van der Waals surface area (Å²) >= 11 is 5.00. The van der Waals surface area contributed by atoms with Crippen LogP contribution in [-0.4, -0.2) is 24.3 Å². The van der Waals surface area contributed by atoms with Gasteiger partial charge in [0.15, 0.2) is 0 Å². The van der Waals surface area contributed by atoms with Gasteiger partial charge in [0, 0.05) is 6.61 Å². The van der Waals surface area contributed by atoms with Crippen LogP contribution in [0, 0.1) is 6.92 Å². The van der Waals surface area contributed by atoms with Crippen LogP contribution in [0.3, 0.4) is 0 Å². The van der Waals surface area contributed by atoms with Gasteiger partial charge in [-0.3, -0.25) is 0 Å². The fraction of sp³-hybridized carbons (Fsp3) is 0.462. The van der Waals surface area contributed by atoms with Crippen LogP contribution >= 0.6 is 12.2 Å². The lowest BCUT2D eigenvalue weighted by Gasteiger charge is -2.17. The van der Waals surface area contributed by atoms with Crippen LogP contribution in [0.2, 0.25) is 0 Å². The highest BCUT2D eigenvalue weighted by Gasteiger charge is 2.10. The average Bonchev–Trinajstić information content (AvgIpc) is 2.26. The van der Waals surface area contributed by atoms with E-state index in [1.54, 1.807) is 0 Å². The molecule has 0 saturated carbocycles. The lowest BCUT2D eigenvalue weighted by Crippen LogP contribution is -2.21. The third-order valence-corrected chi connectivity index (χ3v) is 2.51. The molecule has 3 nitrogen and oxygen atoms in total. The minimum atomic E-state index is -0.0233. The second-order valence-electron chi connectivity index (χ2n) is 3.95. The first-order valence-corrected chi connectivity index (χ1v) is 6.10. The zero-order chi connectivity index (χ0) is 12.8. The largest absolute Gasteiger partial charge is 0.488 e. The number of benzene rings is 1. The van der Waals surface area contributed by atoms with E-state index in [1.165, 1.54) is 0 Å². The summed E-state index contributed by atoms with van der Waals surface area (Å²) in [5.41, 5.74) is 7.55. The lowest BCUT2D eigenvalue weighted by molar-refractivity contribution is 0.0656. The van der Waals surface area contributed by atoms with Crippen molar-refractivity contribution in [3.63, 3.8) is 0 Å². The maximum Gasteiger partial charge on any atom is 0.130 e. The molecule has 1 unspecified atom stereocenters. The Kier molecular flexibility index (Phi) is 5.38. The van der Waals surface area contributed by atoms with Gasteiger partial charge in [-0.1, -0.05) is 18.3 Å². The van der Waals surface area contributed by atoms with Gasteiger partial charge in [0.1, 0.15) is 16.8 Å². The van der Waals surface area contributed by atoms with Crippen molar-refractivity contribution in [3.8, 4) is 5.75 Å². The second-order valence-corrected chi connectivity index (χ2v) is 4.39. The molecule has 0 fully saturated rings. The molecule has 4 heteroatoms. The van der Waals surface area contributed by atoms with Crippen LogP contribution in [0.4, 0.5) is 0 Å². The highest BCUT2D eigenvalue weighted by Crippen LogP contribution is 2.21. The fourth-order valence-electron chi connectivity index (χ4n) is 1.47. The number of rotatable bonds is 6. The van der Waals surface area contributed by atoms with Gasteiger partial charge in [0.25, 0.3) is 0 Å². The molecule has 0 bridgehead atoms. The Morgan fingerprint density at radius 3 is 2.76 bits per heavy atom. The zero-order valence-corrected chi connectivity index (χ0v) is 11.3. The molecule has 1 aromatic carbocycles. The Labute approximate surface area is 108 Å². The number of aryl methyl sites for hydroxylation is 1. The molecule has 2 N–H and O–H groups in total. The Hall–Kier alpha value is -1.13. The topological polar surface area (TPSA) is 44.5 Å². The maximum atomic E-state index is 5.80. The molecule has 0 aliphatic heterocycles. The molecule has 17 heavy (non-hydrogen) atoms. The van der Waals surface area contributed by atoms with E-state index in [0.29, 0.717) is 18.2 Å². The van der Waals surface area contributed by atoms with E-state index < -0.39 is 0 Å². The molecule has 0 spiro atoms. The minimum Gasteiger partial charge on any atom is -0.488 e. The van der Waals surface area contributed by atoms with Crippen molar-refractivity contribution in [1.29, 1.82) is 0 Å². The molecular weight excluding hydrogens is 234 g/mol. The highest BCUT2D eigenvalue weighted by atomic mass is 32.1. The number of hydrogen-bond donors (Lipinski definition) is 1.